The first kappa shape index (κ1) is 19.6. The Labute approximate surface area is 170 Å². The molecule has 0 bridgehead atoms. The molecule has 0 spiro atoms. The molecule has 3 N–H and O–H groups in total. The molecule has 6 nitrogen and oxygen atoms in total. The normalized spacial score (nSPS) is 19.6. The van der Waals surface area contributed by atoms with Crippen LogP contribution in [-0.4, -0.2) is 42.3 Å². The van der Waals surface area contributed by atoms with Gasteiger partial charge in [-0.25, -0.2) is 0 Å². The summed E-state index contributed by atoms with van der Waals surface area (Å²) in [5, 5.41) is 1.14. The number of carbonyl (C=O) groups is 1. The van der Waals surface area contributed by atoms with Crippen LogP contribution < -0.4 is 5.73 Å². The molecule has 6 heteroatoms. The van der Waals surface area contributed by atoms with E-state index in [4.69, 9.17) is 15.2 Å². The van der Waals surface area contributed by atoms with E-state index in [0.717, 1.165) is 27.7 Å². The monoisotopic (exact) mass is 393 g/mol. The van der Waals surface area contributed by atoms with Gasteiger partial charge in [0.25, 0.3) is 0 Å². The van der Waals surface area contributed by atoms with E-state index in [-0.39, 0.29) is 18.2 Å². The van der Waals surface area contributed by atoms with E-state index < -0.39 is 6.04 Å². The Balaban J connectivity index is 1.82. The van der Waals surface area contributed by atoms with Crippen LogP contribution in [0.4, 0.5) is 0 Å². The SMILES string of the molecule is COC(C[C@@H]1c2[nH]c3ccccc3c2C[C@@H](C(N)=O)N1Cc1ccccc1)OC. The number of benzene rings is 2. The molecule has 0 aliphatic carbocycles. The smallest absolute Gasteiger partial charge is 0.235 e. The van der Waals surface area contributed by atoms with Gasteiger partial charge in [-0.1, -0.05) is 48.5 Å². The first-order valence-corrected chi connectivity index (χ1v) is 9.86. The predicted octanol–water partition coefficient (Wildman–Crippen LogP) is 3.13. The highest BCUT2D eigenvalue weighted by molar-refractivity contribution is 5.87. The van der Waals surface area contributed by atoms with Crippen LogP contribution in [0.2, 0.25) is 0 Å². The Bertz CT molecular complexity index is 981. The maximum absolute atomic E-state index is 12.5. The third-order valence-corrected chi connectivity index (χ3v) is 5.86. The van der Waals surface area contributed by atoms with Gasteiger partial charge in [-0.05, 0) is 23.6 Å². The Morgan fingerprint density at radius 1 is 1.14 bits per heavy atom. The number of hydrogen-bond acceptors (Lipinski definition) is 4. The van der Waals surface area contributed by atoms with Gasteiger partial charge in [-0.3, -0.25) is 9.69 Å². The van der Waals surface area contributed by atoms with Crippen LogP contribution in [0, 0.1) is 0 Å². The maximum atomic E-state index is 12.5. The summed E-state index contributed by atoms with van der Waals surface area (Å²) >= 11 is 0. The first-order chi connectivity index (χ1) is 14.1. The highest BCUT2D eigenvalue weighted by Gasteiger charge is 2.40. The number of methoxy groups -OCH3 is 2. The summed E-state index contributed by atoms with van der Waals surface area (Å²) < 4.78 is 11.0. The molecule has 4 rings (SSSR count). The van der Waals surface area contributed by atoms with E-state index in [1.54, 1.807) is 14.2 Å². The number of amides is 1. The average Bonchev–Trinajstić information content (AvgIpc) is 3.11. The minimum Gasteiger partial charge on any atom is -0.368 e. The summed E-state index contributed by atoms with van der Waals surface area (Å²) in [7, 11) is 3.27. The van der Waals surface area contributed by atoms with Gasteiger partial charge < -0.3 is 20.2 Å². The number of ether oxygens (including phenoxy) is 2. The minimum absolute atomic E-state index is 0.0891. The van der Waals surface area contributed by atoms with Gasteiger partial charge in [0.1, 0.15) is 0 Å². The number of nitrogens with zero attached hydrogens (tertiary/aromatic N) is 1. The largest absolute Gasteiger partial charge is 0.368 e. The van der Waals surface area contributed by atoms with Gasteiger partial charge in [-0.15, -0.1) is 0 Å². The maximum Gasteiger partial charge on any atom is 0.235 e. The number of rotatable bonds is 7. The van der Waals surface area contributed by atoms with Crippen LogP contribution in [0.5, 0.6) is 0 Å². The number of para-hydroxylation sites is 1. The summed E-state index contributed by atoms with van der Waals surface area (Å²) in [6.45, 7) is 0.619. The van der Waals surface area contributed by atoms with Crippen molar-refractivity contribution in [3.05, 3.63) is 71.4 Å². The molecule has 0 unspecified atom stereocenters. The number of nitrogens with two attached hydrogens (primary N) is 1. The molecule has 0 radical (unpaired) electrons. The van der Waals surface area contributed by atoms with E-state index in [0.29, 0.717) is 19.4 Å². The fourth-order valence-corrected chi connectivity index (χ4v) is 4.42. The summed E-state index contributed by atoms with van der Waals surface area (Å²) in [4.78, 5) is 18.3. The lowest BCUT2D eigenvalue weighted by molar-refractivity contribution is -0.133. The zero-order valence-electron chi connectivity index (χ0n) is 16.8. The molecule has 0 saturated heterocycles. The van der Waals surface area contributed by atoms with Crippen molar-refractivity contribution in [2.24, 2.45) is 5.73 Å². The number of fused-ring (bicyclic) bond motifs is 3. The lowest BCUT2D eigenvalue weighted by atomic mass is 9.89. The molecule has 1 amide bonds. The molecule has 0 fully saturated rings. The van der Waals surface area contributed by atoms with Crippen LogP contribution in [0.1, 0.15) is 29.3 Å². The number of H-pyrrole nitrogens is 1. The summed E-state index contributed by atoms with van der Waals surface area (Å²) in [6, 6.07) is 17.9. The van der Waals surface area contributed by atoms with Crippen LogP contribution in [0.25, 0.3) is 10.9 Å². The first-order valence-electron chi connectivity index (χ1n) is 9.86. The molecule has 1 aromatic heterocycles. The zero-order valence-corrected chi connectivity index (χ0v) is 16.8. The van der Waals surface area contributed by atoms with Crippen molar-refractivity contribution < 1.29 is 14.3 Å². The van der Waals surface area contributed by atoms with Crippen LogP contribution >= 0.6 is 0 Å². The third kappa shape index (κ3) is 3.79. The Morgan fingerprint density at radius 3 is 2.52 bits per heavy atom. The molecule has 2 heterocycles. The molecule has 3 aromatic rings. The molecule has 0 saturated carbocycles. The number of aromatic nitrogens is 1. The van der Waals surface area contributed by atoms with Gasteiger partial charge in [0.2, 0.25) is 5.91 Å². The van der Waals surface area contributed by atoms with Crippen LogP contribution in [-0.2, 0) is 27.2 Å². The molecule has 2 aromatic carbocycles. The van der Waals surface area contributed by atoms with Crippen molar-refractivity contribution in [1.29, 1.82) is 0 Å². The van der Waals surface area contributed by atoms with Crippen molar-refractivity contribution in [2.75, 3.05) is 14.2 Å². The molecule has 1 aliphatic heterocycles. The molecular weight excluding hydrogens is 366 g/mol. The molecule has 29 heavy (non-hydrogen) atoms. The van der Waals surface area contributed by atoms with Gasteiger partial charge in [0.05, 0.1) is 12.1 Å². The third-order valence-electron chi connectivity index (χ3n) is 5.86. The van der Waals surface area contributed by atoms with Gasteiger partial charge >= 0.3 is 0 Å². The number of primary amides is 1. The van der Waals surface area contributed by atoms with E-state index in [9.17, 15) is 4.79 Å². The van der Waals surface area contributed by atoms with E-state index in [1.165, 1.54) is 0 Å². The molecular formula is C23H27N3O3. The van der Waals surface area contributed by atoms with Crippen molar-refractivity contribution in [3.8, 4) is 0 Å². The second-order valence-electron chi connectivity index (χ2n) is 7.50. The Hall–Kier alpha value is -2.67. The summed E-state index contributed by atoms with van der Waals surface area (Å²) in [5.74, 6) is -0.312. The highest BCUT2D eigenvalue weighted by atomic mass is 16.7. The topological polar surface area (TPSA) is 80.6 Å². The fraction of sp³-hybridized carbons (Fsp3) is 0.348. The molecule has 1 aliphatic rings. The van der Waals surface area contributed by atoms with Crippen molar-refractivity contribution in [2.45, 2.75) is 37.8 Å². The zero-order chi connectivity index (χ0) is 20.4. The average molecular weight is 393 g/mol. The number of aromatic amines is 1. The van der Waals surface area contributed by atoms with Crippen LogP contribution in [0.3, 0.4) is 0 Å². The quantitative estimate of drug-likeness (QED) is 0.605. The van der Waals surface area contributed by atoms with Crippen LogP contribution in [0.15, 0.2) is 54.6 Å². The van der Waals surface area contributed by atoms with Gasteiger partial charge in [-0.2, -0.15) is 0 Å². The van der Waals surface area contributed by atoms with Crippen molar-refractivity contribution in [3.63, 3.8) is 0 Å². The second kappa shape index (κ2) is 8.37. The fourth-order valence-electron chi connectivity index (χ4n) is 4.42. The minimum atomic E-state index is -0.402. The lowest BCUT2D eigenvalue weighted by Crippen LogP contribution is -2.51. The van der Waals surface area contributed by atoms with E-state index >= 15 is 0 Å². The van der Waals surface area contributed by atoms with E-state index in [2.05, 4.69) is 34.1 Å². The number of carbonyl (C=O) groups excluding carboxylic acids is 1. The van der Waals surface area contributed by atoms with E-state index in [1.807, 2.05) is 30.3 Å². The Kier molecular flexibility index (Phi) is 5.67. The predicted molar refractivity (Wildman–Crippen MR) is 112 cm³/mol. The second-order valence-corrected chi connectivity index (χ2v) is 7.50. The van der Waals surface area contributed by atoms with Crippen molar-refractivity contribution >= 4 is 16.8 Å². The number of nitrogens with one attached hydrogen (secondary N) is 1. The van der Waals surface area contributed by atoms with Gasteiger partial charge in [0.15, 0.2) is 6.29 Å². The van der Waals surface area contributed by atoms with Crippen molar-refractivity contribution in [1.82, 2.24) is 9.88 Å². The summed E-state index contributed by atoms with van der Waals surface area (Å²) in [6.07, 6.45) is 0.788. The summed E-state index contributed by atoms with van der Waals surface area (Å²) in [5.41, 5.74) is 10.4. The molecule has 152 valence electrons. The standard InChI is InChI=1S/C23H27N3O3/c1-28-21(29-2)13-19-22-17(16-10-6-7-11-18(16)25-22)12-20(23(24)27)26(19)14-15-8-4-3-5-9-15/h3-11,19-21,25H,12-14H2,1-2H3,(H2,24,27)/t19-,20+/m1/s1. The van der Waals surface area contributed by atoms with Gasteiger partial charge in [0, 0.05) is 43.8 Å². The highest BCUT2D eigenvalue weighted by Crippen LogP contribution is 2.40. The lowest BCUT2D eigenvalue weighted by Gasteiger charge is -2.41. The molecule has 2 atom stereocenters. The Morgan fingerprint density at radius 2 is 1.83 bits per heavy atom. The number of hydrogen-bond donors (Lipinski definition) is 2.